The van der Waals surface area contributed by atoms with Crippen molar-refractivity contribution in [1.29, 1.82) is 0 Å². The Balaban J connectivity index is 1.94. The molecule has 0 aliphatic carbocycles. The Labute approximate surface area is 134 Å². The van der Waals surface area contributed by atoms with Crippen LogP contribution in [0, 0.1) is 6.92 Å². The molecule has 1 aliphatic heterocycles. The molecule has 1 N–H and O–H groups in total. The van der Waals surface area contributed by atoms with Crippen LogP contribution in [0.2, 0.25) is 5.15 Å². The lowest BCUT2D eigenvalue weighted by Gasteiger charge is -2.18. The quantitative estimate of drug-likeness (QED) is 0.852. The van der Waals surface area contributed by atoms with Gasteiger partial charge in [0.2, 0.25) is 0 Å². The molecule has 1 aliphatic rings. The predicted octanol–water partition coefficient (Wildman–Crippen LogP) is 4.01. The summed E-state index contributed by atoms with van der Waals surface area (Å²) in [5.41, 5.74) is 3.05. The monoisotopic (exact) mass is 316 g/mol. The fourth-order valence-corrected chi connectivity index (χ4v) is 2.85. The average Bonchev–Trinajstić information content (AvgIpc) is 2.79. The molecule has 0 saturated heterocycles. The van der Waals surface area contributed by atoms with Gasteiger partial charge in [0.1, 0.15) is 16.5 Å². The van der Waals surface area contributed by atoms with E-state index in [9.17, 15) is 4.79 Å². The predicted molar refractivity (Wildman–Crippen MR) is 86.8 cm³/mol. The molecular weight excluding hydrogens is 300 g/mol. The summed E-state index contributed by atoms with van der Waals surface area (Å²) in [7, 11) is 0. The van der Waals surface area contributed by atoms with Crippen LogP contribution in [0.1, 0.15) is 35.3 Å². The number of nitrogens with one attached hydrogen (secondary N) is 1. The Morgan fingerprint density at radius 1 is 1.36 bits per heavy atom. The van der Waals surface area contributed by atoms with Gasteiger partial charge in [0.25, 0.3) is 5.91 Å². The first kappa shape index (κ1) is 14.9. The van der Waals surface area contributed by atoms with E-state index in [1.807, 2.05) is 32.9 Å². The second-order valence-electron chi connectivity index (χ2n) is 6.07. The second kappa shape index (κ2) is 5.29. The van der Waals surface area contributed by atoms with E-state index in [1.165, 1.54) is 0 Å². The number of fused-ring (bicyclic) bond motifs is 1. The maximum absolute atomic E-state index is 12.4. The topological polar surface area (TPSA) is 51.2 Å². The minimum absolute atomic E-state index is 0.185. The Hall–Kier alpha value is -2.07. The summed E-state index contributed by atoms with van der Waals surface area (Å²) in [4.78, 5) is 16.3. The van der Waals surface area contributed by atoms with Crippen molar-refractivity contribution in [2.75, 3.05) is 5.32 Å². The molecule has 0 saturated carbocycles. The number of benzene rings is 1. The van der Waals surface area contributed by atoms with E-state index in [0.717, 1.165) is 23.3 Å². The molecule has 2 aromatic rings. The van der Waals surface area contributed by atoms with Crippen molar-refractivity contribution in [2.45, 2.75) is 32.8 Å². The molecule has 4 nitrogen and oxygen atoms in total. The number of anilines is 1. The summed E-state index contributed by atoms with van der Waals surface area (Å²) in [6, 6.07) is 7.17. The summed E-state index contributed by atoms with van der Waals surface area (Å²) >= 11 is 5.97. The van der Waals surface area contributed by atoms with Gasteiger partial charge in [-0.3, -0.25) is 4.79 Å². The van der Waals surface area contributed by atoms with Gasteiger partial charge in [-0.1, -0.05) is 17.7 Å². The van der Waals surface area contributed by atoms with Crippen molar-refractivity contribution >= 4 is 23.2 Å². The summed E-state index contributed by atoms with van der Waals surface area (Å²) in [6.07, 6.45) is 2.37. The molecule has 2 heterocycles. The minimum atomic E-state index is -0.294. The molecular formula is C17H17ClN2O2. The van der Waals surface area contributed by atoms with E-state index in [4.69, 9.17) is 16.3 Å². The van der Waals surface area contributed by atoms with Crippen LogP contribution < -0.4 is 10.1 Å². The van der Waals surface area contributed by atoms with Crippen LogP contribution in [0.25, 0.3) is 0 Å². The number of ether oxygens (including phenoxy) is 1. The number of hydrogen-bond acceptors (Lipinski definition) is 3. The fraction of sp³-hybridized carbons (Fsp3) is 0.294. The third-order valence-corrected chi connectivity index (χ3v) is 4.03. The van der Waals surface area contributed by atoms with E-state index >= 15 is 0 Å². The van der Waals surface area contributed by atoms with Gasteiger partial charge in [0, 0.05) is 18.2 Å². The van der Waals surface area contributed by atoms with Gasteiger partial charge in [0.05, 0.1) is 11.3 Å². The zero-order valence-electron chi connectivity index (χ0n) is 12.7. The molecule has 114 valence electrons. The van der Waals surface area contributed by atoms with Gasteiger partial charge in [-0.15, -0.1) is 0 Å². The first-order valence-electron chi connectivity index (χ1n) is 7.11. The number of rotatable bonds is 2. The number of nitrogens with zero attached hydrogens (tertiary/aromatic N) is 1. The van der Waals surface area contributed by atoms with Crippen LogP contribution >= 0.6 is 11.6 Å². The van der Waals surface area contributed by atoms with Crippen LogP contribution in [-0.4, -0.2) is 16.5 Å². The minimum Gasteiger partial charge on any atom is -0.485 e. The highest BCUT2D eigenvalue weighted by molar-refractivity contribution is 6.33. The largest absolute Gasteiger partial charge is 0.485 e. The molecule has 0 atom stereocenters. The SMILES string of the molecule is Cc1ccc(NC(=O)c2cccnc2Cl)c2c1CC(C)(C)O2. The molecule has 0 fully saturated rings. The van der Waals surface area contributed by atoms with E-state index in [-0.39, 0.29) is 16.7 Å². The average molecular weight is 317 g/mol. The smallest absolute Gasteiger partial charge is 0.258 e. The van der Waals surface area contributed by atoms with Gasteiger partial charge in [-0.05, 0) is 44.5 Å². The van der Waals surface area contributed by atoms with Gasteiger partial charge in [-0.2, -0.15) is 0 Å². The van der Waals surface area contributed by atoms with E-state index in [0.29, 0.717) is 11.3 Å². The highest BCUT2D eigenvalue weighted by Crippen LogP contribution is 2.42. The molecule has 0 unspecified atom stereocenters. The lowest BCUT2D eigenvalue weighted by molar-refractivity contribution is 0.102. The van der Waals surface area contributed by atoms with Gasteiger partial charge >= 0.3 is 0 Å². The number of carbonyl (C=O) groups is 1. The van der Waals surface area contributed by atoms with Crippen molar-refractivity contribution in [3.8, 4) is 5.75 Å². The standard InChI is InChI=1S/C17H17ClN2O2/c1-10-6-7-13(14-12(10)9-17(2,3)22-14)20-16(21)11-5-4-8-19-15(11)18/h4-8H,9H2,1-3H3,(H,20,21). The molecule has 1 amide bonds. The highest BCUT2D eigenvalue weighted by Gasteiger charge is 2.33. The Morgan fingerprint density at radius 2 is 2.14 bits per heavy atom. The van der Waals surface area contributed by atoms with E-state index in [2.05, 4.69) is 10.3 Å². The highest BCUT2D eigenvalue weighted by atomic mass is 35.5. The van der Waals surface area contributed by atoms with Crippen molar-refractivity contribution in [2.24, 2.45) is 0 Å². The van der Waals surface area contributed by atoms with E-state index < -0.39 is 0 Å². The number of amides is 1. The molecule has 0 bridgehead atoms. The Bertz CT molecular complexity index is 756. The number of halogens is 1. The molecule has 3 rings (SSSR count). The van der Waals surface area contributed by atoms with Crippen molar-refractivity contribution in [1.82, 2.24) is 4.98 Å². The fourth-order valence-electron chi connectivity index (χ4n) is 2.64. The summed E-state index contributed by atoms with van der Waals surface area (Å²) < 4.78 is 6.01. The molecule has 5 heteroatoms. The molecule has 1 aromatic carbocycles. The summed E-state index contributed by atoms with van der Waals surface area (Å²) in [5, 5.41) is 3.06. The third-order valence-electron chi connectivity index (χ3n) is 3.73. The van der Waals surface area contributed by atoms with Gasteiger partial charge < -0.3 is 10.1 Å². The number of aromatic nitrogens is 1. The second-order valence-corrected chi connectivity index (χ2v) is 6.43. The van der Waals surface area contributed by atoms with E-state index in [1.54, 1.807) is 18.3 Å². The number of aryl methyl sites for hydroxylation is 1. The zero-order valence-corrected chi connectivity index (χ0v) is 13.5. The van der Waals surface area contributed by atoms with Crippen molar-refractivity contribution in [3.05, 3.63) is 52.3 Å². The summed E-state index contributed by atoms with van der Waals surface area (Å²) in [5.74, 6) is 0.454. The first-order chi connectivity index (χ1) is 10.4. The Kier molecular flexibility index (Phi) is 3.57. The van der Waals surface area contributed by atoms with Crippen molar-refractivity contribution in [3.63, 3.8) is 0 Å². The molecule has 0 spiro atoms. The number of pyridine rings is 1. The van der Waals surface area contributed by atoms with Crippen molar-refractivity contribution < 1.29 is 9.53 Å². The first-order valence-corrected chi connectivity index (χ1v) is 7.48. The molecule has 22 heavy (non-hydrogen) atoms. The van der Waals surface area contributed by atoms with Gasteiger partial charge in [0.15, 0.2) is 0 Å². The van der Waals surface area contributed by atoms with Crippen LogP contribution in [-0.2, 0) is 6.42 Å². The van der Waals surface area contributed by atoms with Crippen LogP contribution in [0.3, 0.4) is 0 Å². The van der Waals surface area contributed by atoms with Crippen LogP contribution in [0.4, 0.5) is 5.69 Å². The summed E-state index contributed by atoms with van der Waals surface area (Å²) in [6.45, 7) is 6.12. The molecule has 0 radical (unpaired) electrons. The maximum Gasteiger partial charge on any atom is 0.258 e. The van der Waals surface area contributed by atoms with Crippen LogP contribution in [0.5, 0.6) is 5.75 Å². The third kappa shape index (κ3) is 2.66. The maximum atomic E-state index is 12.4. The Morgan fingerprint density at radius 3 is 2.86 bits per heavy atom. The molecule has 1 aromatic heterocycles. The number of hydrogen-bond donors (Lipinski definition) is 1. The number of carbonyl (C=O) groups excluding carboxylic acids is 1. The zero-order chi connectivity index (χ0) is 15.9. The van der Waals surface area contributed by atoms with Gasteiger partial charge in [-0.25, -0.2) is 4.98 Å². The van der Waals surface area contributed by atoms with Crippen LogP contribution in [0.15, 0.2) is 30.5 Å². The normalized spacial score (nSPS) is 15.1. The lowest BCUT2D eigenvalue weighted by Crippen LogP contribution is -2.25. The lowest BCUT2D eigenvalue weighted by atomic mass is 9.97.